The zero-order chi connectivity index (χ0) is 12.3. The minimum atomic E-state index is -0.229. The third-order valence-electron chi connectivity index (χ3n) is 2.17. The van der Waals surface area contributed by atoms with Gasteiger partial charge < -0.3 is 10.1 Å². The van der Waals surface area contributed by atoms with Crippen LogP contribution in [0.25, 0.3) is 0 Å². The number of carbonyl (C=O) groups is 1. The predicted octanol–water partition coefficient (Wildman–Crippen LogP) is 1.08. The topological polar surface area (TPSA) is 69.0 Å². The van der Waals surface area contributed by atoms with Crippen LogP contribution < -0.4 is 10.1 Å². The highest BCUT2D eigenvalue weighted by atomic mass is 16.5. The average Bonchev–Trinajstić information content (AvgIpc) is 2.75. The number of hydrogen-bond donors (Lipinski definition) is 1. The SMILES string of the molecule is COc1ccc(C(=O)Nc2cnn(C)c2)cn1. The Morgan fingerprint density at radius 1 is 1.41 bits per heavy atom. The van der Waals surface area contributed by atoms with E-state index < -0.39 is 0 Å². The van der Waals surface area contributed by atoms with Gasteiger partial charge in [-0.1, -0.05) is 0 Å². The van der Waals surface area contributed by atoms with Crippen LogP contribution in [0.15, 0.2) is 30.7 Å². The number of pyridine rings is 1. The molecule has 0 unspecified atom stereocenters. The molecule has 17 heavy (non-hydrogen) atoms. The molecule has 2 aromatic rings. The van der Waals surface area contributed by atoms with Crippen LogP contribution >= 0.6 is 0 Å². The fourth-order valence-corrected chi connectivity index (χ4v) is 1.32. The Bertz CT molecular complexity index is 519. The summed E-state index contributed by atoms with van der Waals surface area (Å²) >= 11 is 0. The Kier molecular flexibility index (Phi) is 3.04. The maximum Gasteiger partial charge on any atom is 0.257 e. The van der Waals surface area contributed by atoms with Gasteiger partial charge >= 0.3 is 0 Å². The van der Waals surface area contributed by atoms with Crippen molar-refractivity contribution >= 4 is 11.6 Å². The lowest BCUT2D eigenvalue weighted by atomic mass is 10.2. The lowest BCUT2D eigenvalue weighted by molar-refractivity contribution is 0.102. The summed E-state index contributed by atoms with van der Waals surface area (Å²) in [6.45, 7) is 0. The molecular weight excluding hydrogens is 220 g/mol. The molecule has 2 aromatic heterocycles. The van der Waals surface area contributed by atoms with Gasteiger partial charge in [-0.3, -0.25) is 9.48 Å². The quantitative estimate of drug-likeness (QED) is 0.859. The van der Waals surface area contributed by atoms with Crippen LogP contribution in [0.3, 0.4) is 0 Å². The monoisotopic (exact) mass is 232 g/mol. The largest absolute Gasteiger partial charge is 0.481 e. The molecule has 0 atom stereocenters. The highest BCUT2D eigenvalue weighted by Crippen LogP contribution is 2.10. The van der Waals surface area contributed by atoms with Gasteiger partial charge in [0.1, 0.15) is 0 Å². The second-order valence-corrected chi connectivity index (χ2v) is 3.45. The Hall–Kier alpha value is -2.37. The first-order chi connectivity index (χ1) is 8.19. The number of ether oxygens (including phenoxy) is 1. The zero-order valence-corrected chi connectivity index (χ0v) is 9.54. The first-order valence-electron chi connectivity index (χ1n) is 4.99. The van der Waals surface area contributed by atoms with E-state index in [-0.39, 0.29) is 5.91 Å². The summed E-state index contributed by atoms with van der Waals surface area (Å²) in [7, 11) is 3.31. The van der Waals surface area contributed by atoms with E-state index in [0.29, 0.717) is 17.1 Å². The fourth-order valence-electron chi connectivity index (χ4n) is 1.32. The second kappa shape index (κ2) is 4.65. The Morgan fingerprint density at radius 3 is 2.76 bits per heavy atom. The van der Waals surface area contributed by atoms with Gasteiger partial charge in [0, 0.05) is 25.5 Å². The van der Waals surface area contributed by atoms with Crippen LogP contribution in [0, 0.1) is 0 Å². The number of nitrogens with one attached hydrogen (secondary N) is 1. The first kappa shape index (κ1) is 11.1. The molecule has 0 spiro atoms. The maximum atomic E-state index is 11.8. The molecule has 0 aliphatic carbocycles. The van der Waals surface area contributed by atoms with E-state index in [2.05, 4.69) is 15.4 Å². The first-order valence-corrected chi connectivity index (χ1v) is 4.99. The Balaban J connectivity index is 2.09. The minimum absolute atomic E-state index is 0.229. The van der Waals surface area contributed by atoms with Crippen LogP contribution in [0.5, 0.6) is 5.88 Å². The molecule has 0 radical (unpaired) electrons. The molecule has 0 saturated carbocycles. The van der Waals surface area contributed by atoms with Gasteiger partial charge in [-0.05, 0) is 6.07 Å². The molecule has 1 N–H and O–H groups in total. The summed E-state index contributed by atoms with van der Waals surface area (Å²) in [5.74, 6) is 0.246. The van der Waals surface area contributed by atoms with Crippen LogP contribution in [0.4, 0.5) is 5.69 Å². The number of carbonyl (C=O) groups excluding carboxylic acids is 1. The van der Waals surface area contributed by atoms with Gasteiger partial charge in [0.15, 0.2) is 0 Å². The van der Waals surface area contributed by atoms with Crippen molar-refractivity contribution in [2.24, 2.45) is 7.05 Å². The van der Waals surface area contributed by atoms with Gasteiger partial charge in [-0.2, -0.15) is 5.10 Å². The number of rotatable bonds is 3. The van der Waals surface area contributed by atoms with Gasteiger partial charge in [0.2, 0.25) is 5.88 Å². The normalized spacial score (nSPS) is 10.0. The van der Waals surface area contributed by atoms with E-state index in [1.54, 1.807) is 36.3 Å². The summed E-state index contributed by atoms with van der Waals surface area (Å²) in [6.07, 6.45) is 4.76. The molecule has 88 valence electrons. The lowest BCUT2D eigenvalue weighted by Gasteiger charge is -2.02. The van der Waals surface area contributed by atoms with Crippen molar-refractivity contribution in [1.29, 1.82) is 0 Å². The van der Waals surface area contributed by atoms with Gasteiger partial charge in [-0.15, -0.1) is 0 Å². The van der Waals surface area contributed by atoms with E-state index in [9.17, 15) is 4.79 Å². The molecule has 2 rings (SSSR count). The van der Waals surface area contributed by atoms with Crippen molar-refractivity contribution in [2.45, 2.75) is 0 Å². The van der Waals surface area contributed by atoms with Gasteiger partial charge in [-0.25, -0.2) is 4.98 Å². The Labute approximate surface area is 98.2 Å². The molecule has 0 saturated heterocycles. The van der Waals surface area contributed by atoms with Crippen LogP contribution in [0.2, 0.25) is 0 Å². The summed E-state index contributed by atoms with van der Waals surface area (Å²) < 4.78 is 6.53. The molecule has 0 fully saturated rings. The summed E-state index contributed by atoms with van der Waals surface area (Å²) in [5, 5.41) is 6.67. The molecule has 2 heterocycles. The smallest absolute Gasteiger partial charge is 0.257 e. The van der Waals surface area contributed by atoms with Crippen molar-refractivity contribution in [3.05, 3.63) is 36.3 Å². The van der Waals surface area contributed by atoms with Crippen LogP contribution in [-0.2, 0) is 7.05 Å². The van der Waals surface area contributed by atoms with E-state index in [4.69, 9.17) is 4.74 Å². The molecule has 6 heteroatoms. The highest BCUT2D eigenvalue weighted by Gasteiger charge is 2.07. The van der Waals surface area contributed by atoms with Crippen molar-refractivity contribution in [2.75, 3.05) is 12.4 Å². The molecule has 0 aromatic carbocycles. The molecule has 6 nitrogen and oxygen atoms in total. The standard InChI is InChI=1S/C11H12N4O2/c1-15-7-9(6-13-15)14-11(16)8-3-4-10(17-2)12-5-8/h3-7H,1-2H3,(H,14,16). The number of amides is 1. The molecule has 0 aliphatic rings. The number of aryl methyl sites for hydroxylation is 1. The van der Waals surface area contributed by atoms with Crippen LogP contribution in [0.1, 0.15) is 10.4 Å². The Morgan fingerprint density at radius 2 is 2.24 bits per heavy atom. The summed E-state index contributed by atoms with van der Waals surface area (Å²) in [5.41, 5.74) is 1.11. The maximum absolute atomic E-state index is 11.8. The second-order valence-electron chi connectivity index (χ2n) is 3.45. The predicted molar refractivity (Wildman–Crippen MR) is 62.0 cm³/mol. The highest BCUT2D eigenvalue weighted by molar-refractivity contribution is 6.03. The van der Waals surface area contributed by atoms with Crippen molar-refractivity contribution < 1.29 is 9.53 Å². The summed E-state index contributed by atoms with van der Waals surface area (Å²) in [6, 6.07) is 3.29. The molecular formula is C11H12N4O2. The van der Waals surface area contributed by atoms with E-state index in [1.807, 2.05) is 0 Å². The van der Waals surface area contributed by atoms with E-state index in [0.717, 1.165) is 0 Å². The van der Waals surface area contributed by atoms with E-state index >= 15 is 0 Å². The third-order valence-corrected chi connectivity index (χ3v) is 2.17. The lowest BCUT2D eigenvalue weighted by Crippen LogP contribution is -2.11. The summed E-state index contributed by atoms with van der Waals surface area (Å²) in [4.78, 5) is 15.8. The van der Waals surface area contributed by atoms with Crippen molar-refractivity contribution in [1.82, 2.24) is 14.8 Å². The van der Waals surface area contributed by atoms with Crippen molar-refractivity contribution in [3.63, 3.8) is 0 Å². The third kappa shape index (κ3) is 2.60. The minimum Gasteiger partial charge on any atom is -0.481 e. The number of methoxy groups -OCH3 is 1. The zero-order valence-electron chi connectivity index (χ0n) is 9.54. The van der Waals surface area contributed by atoms with Gasteiger partial charge in [0.05, 0.1) is 24.6 Å². The van der Waals surface area contributed by atoms with Gasteiger partial charge in [0.25, 0.3) is 5.91 Å². The number of anilines is 1. The average molecular weight is 232 g/mol. The molecule has 0 bridgehead atoms. The van der Waals surface area contributed by atoms with E-state index in [1.165, 1.54) is 13.3 Å². The number of aromatic nitrogens is 3. The fraction of sp³-hybridized carbons (Fsp3) is 0.182. The van der Waals surface area contributed by atoms with Crippen molar-refractivity contribution in [3.8, 4) is 5.88 Å². The van der Waals surface area contributed by atoms with Crippen LogP contribution in [-0.4, -0.2) is 27.8 Å². The molecule has 1 amide bonds. The number of nitrogens with zero attached hydrogens (tertiary/aromatic N) is 3. The molecule has 0 aliphatic heterocycles. The number of hydrogen-bond acceptors (Lipinski definition) is 4.